The van der Waals surface area contributed by atoms with Crippen LogP contribution >= 0.6 is 0 Å². The molecule has 0 aliphatic carbocycles. The van der Waals surface area contributed by atoms with Crippen LogP contribution in [0.25, 0.3) is 0 Å². The SMILES string of the molecule is CC(C)C[C@H](NC(=O)NCc1cn(Cc2ccccc2)nn1)C(=O)NO. The van der Waals surface area contributed by atoms with Crippen LogP contribution in [0.4, 0.5) is 4.79 Å². The molecule has 4 N–H and O–H groups in total. The van der Waals surface area contributed by atoms with Gasteiger partial charge in [0.25, 0.3) is 5.91 Å². The van der Waals surface area contributed by atoms with Gasteiger partial charge in [0, 0.05) is 0 Å². The number of rotatable bonds is 8. The number of carbonyl (C=O) groups is 2. The number of nitrogens with one attached hydrogen (secondary N) is 3. The molecule has 0 radical (unpaired) electrons. The third kappa shape index (κ3) is 6.17. The van der Waals surface area contributed by atoms with Crippen molar-refractivity contribution in [3.8, 4) is 0 Å². The summed E-state index contributed by atoms with van der Waals surface area (Å²) in [7, 11) is 0. The van der Waals surface area contributed by atoms with E-state index in [1.165, 1.54) is 0 Å². The molecule has 0 fully saturated rings. The Morgan fingerprint density at radius 2 is 1.96 bits per heavy atom. The predicted octanol–water partition coefficient (Wildman–Crippen LogP) is 1.05. The van der Waals surface area contributed by atoms with Crippen LogP contribution in [-0.4, -0.2) is 38.2 Å². The van der Waals surface area contributed by atoms with Gasteiger partial charge in [0.2, 0.25) is 0 Å². The Bertz CT molecular complexity index is 716. The Labute approximate surface area is 151 Å². The zero-order valence-electron chi connectivity index (χ0n) is 14.8. The molecule has 0 saturated carbocycles. The second kappa shape index (κ2) is 9.52. The van der Waals surface area contributed by atoms with Gasteiger partial charge in [-0.25, -0.2) is 15.0 Å². The van der Waals surface area contributed by atoms with Crippen LogP contribution in [0.15, 0.2) is 36.5 Å². The molecule has 0 bridgehead atoms. The van der Waals surface area contributed by atoms with Crippen LogP contribution in [0.2, 0.25) is 0 Å². The molecule has 0 aliphatic heterocycles. The van der Waals surface area contributed by atoms with Crippen molar-refractivity contribution in [1.29, 1.82) is 0 Å². The van der Waals surface area contributed by atoms with E-state index in [1.807, 2.05) is 44.2 Å². The van der Waals surface area contributed by atoms with E-state index in [0.717, 1.165) is 5.56 Å². The van der Waals surface area contributed by atoms with Crippen LogP contribution in [-0.2, 0) is 17.9 Å². The molecule has 0 aliphatic rings. The second-order valence-corrected chi connectivity index (χ2v) is 6.38. The highest BCUT2D eigenvalue weighted by Gasteiger charge is 2.21. The molecule has 9 nitrogen and oxygen atoms in total. The number of hydrogen-bond donors (Lipinski definition) is 4. The minimum Gasteiger partial charge on any atom is -0.332 e. The van der Waals surface area contributed by atoms with E-state index in [-0.39, 0.29) is 12.5 Å². The van der Waals surface area contributed by atoms with Crippen LogP contribution in [0.5, 0.6) is 0 Å². The zero-order valence-corrected chi connectivity index (χ0v) is 14.8. The highest BCUT2D eigenvalue weighted by molar-refractivity contribution is 5.86. The van der Waals surface area contributed by atoms with Crippen molar-refractivity contribution in [2.24, 2.45) is 5.92 Å². The molecule has 26 heavy (non-hydrogen) atoms. The molecule has 0 saturated heterocycles. The summed E-state index contributed by atoms with van der Waals surface area (Å²) >= 11 is 0. The normalized spacial score (nSPS) is 11.8. The number of hydroxylamine groups is 1. The van der Waals surface area contributed by atoms with E-state index in [2.05, 4.69) is 20.9 Å². The van der Waals surface area contributed by atoms with Gasteiger partial charge in [-0.3, -0.25) is 10.0 Å². The number of nitrogens with zero attached hydrogens (tertiary/aromatic N) is 3. The molecule has 1 heterocycles. The molecule has 9 heteroatoms. The van der Waals surface area contributed by atoms with E-state index in [4.69, 9.17) is 5.21 Å². The van der Waals surface area contributed by atoms with Gasteiger partial charge < -0.3 is 10.6 Å². The van der Waals surface area contributed by atoms with Gasteiger partial charge >= 0.3 is 6.03 Å². The lowest BCUT2D eigenvalue weighted by atomic mass is 10.0. The summed E-state index contributed by atoms with van der Waals surface area (Å²) in [5, 5.41) is 22.0. The molecule has 1 aromatic carbocycles. The third-order valence-electron chi connectivity index (χ3n) is 3.64. The summed E-state index contributed by atoms with van der Waals surface area (Å²) in [6, 6.07) is 8.51. The number of benzene rings is 1. The van der Waals surface area contributed by atoms with Gasteiger partial charge in [-0.1, -0.05) is 49.4 Å². The monoisotopic (exact) mass is 360 g/mol. The van der Waals surface area contributed by atoms with Crippen molar-refractivity contribution in [2.45, 2.75) is 39.4 Å². The number of aromatic nitrogens is 3. The summed E-state index contributed by atoms with van der Waals surface area (Å²) in [6.07, 6.45) is 2.16. The van der Waals surface area contributed by atoms with Crippen LogP contribution in [0.1, 0.15) is 31.5 Å². The highest BCUT2D eigenvalue weighted by atomic mass is 16.5. The van der Waals surface area contributed by atoms with Gasteiger partial charge in [-0.05, 0) is 17.9 Å². The molecule has 0 unspecified atom stereocenters. The molecule has 1 atom stereocenters. The Balaban J connectivity index is 1.84. The Kier molecular flexibility index (Phi) is 7.10. The molecular weight excluding hydrogens is 336 g/mol. The minimum atomic E-state index is -0.811. The lowest BCUT2D eigenvalue weighted by Gasteiger charge is -2.18. The summed E-state index contributed by atoms with van der Waals surface area (Å²) in [5.41, 5.74) is 3.27. The predicted molar refractivity (Wildman–Crippen MR) is 94.1 cm³/mol. The fourth-order valence-electron chi connectivity index (χ4n) is 2.43. The smallest absolute Gasteiger partial charge is 0.315 e. The fraction of sp³-hybridized carbons (Fsp3) is 0.412. The van der Waals surface area contributed by atoms with Gasteiger partial charge in [-0.2, -0.15) is 0 Å². The van der Waals surface area contributed by atoms with Crippen molar-refractivity contribution in [1.82, 2.24) is 31.1 Å². The minimum absolute atomic E-state index is 0.176. The van der Waals surface area contributed by atoms with Gasteiger partial charge in [0.1, 0.15) is 11.7 Å². The van der Waals surface area contributed by atoms with Crippen molar-refractivity contribution in [2.75, 3.05) is 0 Å². The van der Waals surface area contributed by atoms with Crippen LogP contribution < -0.4 is 16.1 Å². The van der Waals surface area contributed by atoms with E-state index in [1.54, 1.807) is 16.4 Å². The Hall–Kier alpha value is -2.94. The molecule has 0 spiro atoms. The summed E-state index contributed by atoms with van der Waals surface area (Å²) in [5.74, 6) is -0.474. The van der Waals surface area contributed by atoms with Crippen molar-refractivity contribution < 1.29 is 14.8 Å². The maximum Gasteiger partial charge on any atom is 0.315 e. The maximum atomic E-state index is 12.0. The fourth-order valence-corrected chi connectivity index (χ4v) is 2.43. The van der Waals surface area contributed by atoms with Crippen molar-refractivity contribution >= 4 is 11.9 Å². The summed E-state index contributed by atoms with van der Waals surface area (Å²) in [6.45, 7) is 4.60. The van der Waals surface area contributed by atoms with E-state index in [0.29, 0.717) is 18.7 Å². The number of urea groups is 1. The largest absolute Gasteiger partial charge is 0.332 e. The molecule has 2 rings (SSSR count). The molecule has 140 valence electrons. The first-order valence-corrected chi connectivity index (χ1v) is 8.39. The van der Waals surface area contributed by atoms with E-state index < -0.39 is 18.0 Å². The first kappa shape index (κ1) is 19.4. The molecule has 3 amide bonds. The first-order valence-electron chi connectivity index (χ1n) is 8.39. The second-order valence-electron chi connectivity index (χ2n) is 6.38. The summed E-state index contributed by atoms with van der Waals surface area (Å²) in [4.78, 5) is 23.6. The topological polar surface area (TPSA) is 121 Å². The van der Waals surface area contributed by atoms with Gasteiger partial charge in [0.15, 0.2) is 0 Å². The standard InChI is InChI=1S/C17H24N6O3/c1-12(2)8-15(16(24)21-26)19-17(25)18-9-14-11-23(22-20-14)10-13-6-4-3-5-7-13/h3-7,11-12,15,26H,8-10H2,1-2H3,(H,21,24)(H2,18,19,25)/t15-/m0/s1. The van der Waals surface area contributed by atoms with Crippen LogP contribution in [0, 0.1) is 5.92 Å². The first-order chi connectivity index (χ1) is 12.5. The zero-order chi connectivity index (χ0) is 18.9. The van der Waals surface area contributed by atoms with Crippen molar-refractivity contribution in [3.05, 3.63) is 47.8 Å². The molecule has 2 aromatic rings. The molecule has 1 aromatic heterocycles. The van der Waals surface area contributed by atoms with E-state index >= 15 is 0 Å². The average molecular weight is 360 g/mol. The summed E-state index contributed by atoms with van der Waals surface area (Å²) < 4.78 is 1.69. The Morgan fingerprint density at radius 3 is 2.62 bits per heavy atom. The average Bonchev–Trinajstić information content (AvgIpc) is 3.06. The number of carbonyl (C=O) groups excluding carboxylic acids is 2. The highest BCUT2D eigenvalue weighted by Crippen LogP contribution is 2.05. The van der Waals surface area contributed by atoms with Crippen LogP contribution in [0.3, 0.4) is 0 Å². The van der Waals surface area contributed by atoms with Gasteiger partial charge in [0.05, 0.1) is 19.3 Å². The quantitative estimate of drug-likeness (QED) is 0.414. The lowest BCUT2D eigenvalue weighted by Crippen LogP contribution is -2.49. The third-order valence-corrected chi connectivity index (χ3v) is 3.64. The Morgan fingerprint density at radius 1 is 1.23 bits per heavy atom. The number of hydrogen-bond acceptors (Lipinski definition) is 5. The van der Waals surface area contributed by atoms with E-state index in [9.17, 15) is 9.59 Å². The van der Waals surface area contributed by atoms with Gasteiger partial charge in [-0.15, -0.1) is 5.10 Å². The molecular formula is C17H24N6O3. The van der Waals surface area contributed by atoms with Crippen molar-refractivity contribution in [3.63, 3.8) is 0 Å². The lowest BCUT2D eigenvalue weighted by molar-refractivity contribution is -0.131. The maximum absolute atomic E-state index is 12.0. The number of amides is 3.